The van der Waals surface area contributed by atoms with E-state index < -0.39 is 23.0 Å². The van der Waals surface area contributed by atoms with Crippen LogP contribution >= 0.6 is 0 Å². The van der Waals surface area contributed by atoms with Crippen molar-refractivity contribution in [3.63, 3.8) is 0 Å². The molecule has 7 heteroatoms. The van der Waals surface area contributed by atoms with Crippen LogP contribution in [0.25, 0.3) is 5.69 Å². The molecule has 0 saturated carbocycles. The number of anilines is 1. The molecule has 0 spiro atoms. The van der Waals surface area contributed by atoms with Crippen molar-refractivity contribution in [1.29, 1.82) is 0 Å². The minimum absolute atomic E-state index is 0.232. The van der Waals surface area contributed by atoms with Crippen molar-refractivity contribution < 1.29 is 9.18 Å². The zero-order valence-corrected chi connectivity index (χ0v) is 13.2. The summed E-state index contributed by atoms with van der Waals surface area (Å²) in [4.78, 5) is 39.3. The molecule has 126 valence electrons. The predicted octanol–water partition coefficient (Wildman–Crippen LogP) is 2.23. The maximum absolute atomic E-state index is 12.9. The van der Waals surface area contributed by atoms with Crippen molar-refractivity contribution in [2.45, 2.75) is 6.92 Å². The molecule has 1 aromatic heterocycles. The lowest BCUT2D eigenvalue weighted by atomic mass is 10.2. The second-order valence-corrected chi connectivity index (χ2v) is 5.44. The van der Waals surface area contributed by atoms with E-state index in [-0.39, 0.29) is 5.56 Å². The molecule has 25 heavy (non-hydrogen) atoms. The topological polar surface area (TPSA) is 84.0 Å². The van der Waals surface area contributed by atoms with Crippen LogP contribution in [0.1, 0.15) is 15.9 Å². The molecule has 6 nitrogen and oxygen atoms in total. The summed E-state index contributed by atoms with van der Waals surface area (Å²) < 4.78 is 13.8. The molecule has 3 rings (SSSR count). The summed E-state index contributed by atoms with van der Waals surface area (Å²) in [5.41, 5.74) is 0.0366. The molecule has 0 aliphatic rings. The van der Waals surface area contributed by atoms with Crippen molar-refractivity contribution in [3.05, 3.63) is 92.5 Å². The Balaban J connectivity index is 2.00. The second-order valence-electron chi connectivity index (χ2n) is 5.44. The number of nitrogens with zero attached hydrogens (tertiary/aromatic N) is 1. The molecule has 0 fully saturated rings. The first-order chi connectivity index (χ1) is 12.0. The Bertz CT molecular complexity index is 1030. The highest BCUT2D eigenvalue weighted by Crippen LogP contribution is 2.09. The maximum atomic E-state index is 12.9. The number of halogens is 1. The van der Waals surface area contributed by atoms with Gasteiger partial charge in [0, 0.05) is 11.9 Å². The van der Waals surface area contributed by atoms with Crippen molar-refractivity contribution in [1.82, 2.24) is 9.55 Å². The van der Waals surface area contributed by atoms with Gasteiger partial charge in [-0.05, 0) is 43.3 Å². The van der Waals surface area contributed by atoms with E-state index in [2.05, 4.69) is 10.3 Å². The number of hydrogen-bond donors (Lipinski definition) is 2. The molecule has 0 radical (unpaired) electrons. The molecule has 2 N–H and O–H groups in total. The summed E-state index contributed by atoms with van der Waals surface area (Å²) >= 11 is 0. The molecule has 0 saturated heterocycles. The molecule has 0 bridgehead atoms. The lowest BCUT2D eigenvalue weighted by Gasteiger charge is -2.08. The van der Waals surface area contributed by atoms with E-state index in [0.717, 1.165) is 16.3 Å². The van der Waals surface area contributed by atoms with Gasteiger partial charge in [-0.2, -0.15) is 0 Å². The van der Waals surface area contributed by atoms with Gasteiger partial charge in [0.25, 0.3) is 11.5 Å². The lowest BCUT2D eigenvalue weighted by molar-refractivity contribution is 0.102. The average molecular weight is 339 g/mol. The number of carbonyl (C=O) groups is 1. The van der Waals surface area contributed by atoms with E-state index in [9.17, 15) is 18.8 Å². The number of aromatic amines is 1. The summed E-state index contributed by atoms with van der Waals surface area (Å²) in [6.07, 6.45) is 1.06. The van der Waals surface area contributed by atoms with Crippen molar-refractivity contribution in [2.24, 2.45) is 0 Å². The van der Waals surface area contributed by atoms with Crippen LogP contribution in [-0.2, 0) is 0 Å². The monoisotopic (exact) mass is 339 g/mol. The lowest BCUT2D eigenvalue weighted by Crippen LogP contribution is -2.38. The van der Waals surface area contributed by atoms with E-state index in [0.29, 0.717) is 11.4 Å². The zero-order chi connectivity index (χ0) is 18.0. The van der Waals surface area contributed by atoms with Gasteiger partial charge >= 0.3 is 5.69 Å². The number of benzene rings is 2. The number of amides is 1. The largest absolute Gasteiger partial charge is 0.333 e. The van der Waals surface area contributed by atoms with Gasteiger partial charge in [-0.15, -0.1) is 0 Å². The van der Waals surface area contributed by atoms with Gasteiger partial charge in [-0.3, -0.25) is 9.59 Å². The van der Waals surface area contributed by atoms with Gasteiger partial charge in [-0.1, -0.05) is 17.7 Å². The van der Waals surface area contributed by atoms with Gasteiger partial charge in [0.05, 0.1) is 5.69 Å². The number of hydrogen-bond acceptors (Lipinski definition) is 3. The molecule has 0 atom stereocenters. The first-order valence-corrected chi connectivity index (χ1v) is 7.44. The van der Waals surface area contributed by atoms with E-state index in [1.54, 1.807) is 24.3 Å². The normalized spacial score (nSPS) is 10.5. The summed E-state index contributed by atoms with van der Waals surface area (Å²) in [5.74, 6) is -1.14. The predicted molar refractivity (Wildman–Crippen MR) is 91.7 cm³/mol. The van der Waals surface area contributed by atoms with Gasteiger partial charge < -0.3 is 10.3 Å². The van der Waals surface area contributed by atoms with E-state index in [4.69, 9.17) is 0 Å². The Morgan fingerprint density at radius 1 is 1.04 bits per heavy atom. The van der Waals surface area contributed by atoms with E-state index in [1.165, 1.54) is 24.3 Å². The standard InChI is InChI=1S/C18H14FN3O3/c1-11-2-8-14(9-3-11)22-17(24)15(10-20-18(22)25)16(23)21-13-6-4-12(19)5-7-13/h2-10H,1H3,(H,20,25)(H,21,23). The Labute approximate surface area is 141 Å². The Morgan fingerprint density at radius 3 is 2.32 bits per heavy atom. The fraction of sp³-hybridized carbons (Fsp3) is 0.0556. The van der Waals surface area contributed by atoms with Crippen molar-refractivity contribution in [3.8, 4) is 5.69 Å². The van der Waals surface area contributed by atoms with Crippen molar-refractivity contribution >= 4 is 11.6 Å². The fourth-order valence-corrected chi connectivity index (χ4v) is 2.30. The molecule has 3 aromatic rings. The summed E-state index contributed by atoms with van der Waals surface area (Å²) in [6.45, 7) is 1.88. The molecule has 0 aliphatic carbocycles. The average Bonchev–Trinajstić information content (AvgIpc) is 2.58. The van der Waals surface area contributed by atoms with Crippen LogP contribution in [0, 0.1) is 12.7 Å². The first-order valence-electron chi connectivity index (χ1n) is 7.44. The number of nitrogens with one attached hydrogen (secondary N) is 2. The molecular weight excluding hydrogens is 325 g/mol. The maximum Gasteiger partial charge on any atom is 0.333 e. The third-order valence-electron chi connectivity index (χ3n) is 3.62. The van der Waals surface area contributed by atoms with Crippen LogP contribution in [0.5, 0.6) is 0 Å². The minimum Gasteiger partial charge on any atom is -0.322 e. The highest BCUT2D eigenvalue weighted by Gasteiger charge is 2.16. The Morgan fingerprint density at radius 2 is 1.68 bits per heavy atom. The van der Waals surface area contributed by atoms with Crippen LogP contribution in [0.2, 0.25) is 0 Å². The minimum atomic E-state index is -0.743. The molecule has 2 aromatic carbocycles. The van der Waals surface area contributed by atoms with E-state index in [1.807, 2.05) is 6.92 Å². The van der Waals surface area contributed by atoms with Gasteiger partial charge in [-0.25, -0.2) is 13.8 Å². The molecule has 1 heterocycles. The van der Waals surface area contributed by atoms with Crippen LogP contribution in [0.3, 0.4) is 0 Å². The Hall–Kier alpha value is -3.48. The van der Waals surface area contributed by atoms with Gasteiger partial charge in [0.1, 0.15) is 11.4 Å². The van der Waals surface area contributed by atoms with Crippen LogP contribution in [0.15, 0.2) is 64.3 Å². The fourth-order valence-electron chi connectivity index (χ4n) is 2.30. The number of carbonyl (C=O) groups excluding carboxylic acids is 1. The molecular formula is C18H14FN3O3. The summed E-state index contributed by atoms with van der Waals surface area (Å²) in [7, 11) is 0. The van der Waals surface area contributed by atoms with E-state index >= 15 is 0 Å². The number of H-pyrrole nitrogens is 1. The first kappa shape index (κ1) is 16.4. The SMILES string of the molecule is Cc1ccc(-n2c(=O)[nH]cc(C(=O)Nc3ccc(F)cc3)c2=O)cc1. The number of aryl methyl sites for hydroxylation is 1. The molecule has 1 amide bonds. The van der Waals surface area contributed by atoms with Crippen LogP contribution in [-0.4, -0.2) is 15.5 Å². The third kappa shape index (κ3) is 3.40. The highest BCUT2D eigenvalue weighted by atomic mass is 19.1. The highest BCUT2D eigenvalue weighted by molar-refractivity contribution is 6.03. The van der Waals surface area contributed by atoms with Gasteiger partial charge in [0.15, 0.2) is 0 Å². The quantitative estimate of drug-likeness (QED) is 0.767. The number of rotatable bonds is 3. The van der Waals surface area contributed by atoms with Gasteiger partial charge in [0.2, 0.25) is 0 Å². The van der Waals surface area contributed by atoms with Crippen LogP contribution in [0.4, 0.5) is 10.1 Å². The number of aromatic nitrogens is 2. The molecule has 0 unspecified atom stereocenters. The Kier molecular flexibility index (Phi) is 4.30. The second kappa shape index (κ2) is 6.56. The smallest absolute Gasteiger partial charge is 0.322 e. The molecule has 0 aliphatic heterocycles. The van der Waals surface area contributed by atoms with Crippen molar-refractivity contribution in [2.75, 3.05) is 5.32 Å². The zero-order valence-electron chi connectivity index (χ0n) is 13.2. The summed E-state index contributed by atoms with van der Waals surface area (Å²) in [6, 6.07) is 11.9. The van der Waals surface area contributed by atoms with Crippen LogP contribution < -0.4 is 16.6 Å². The summed E-state index contributed by atoms with van der Waals surface area (Å²) in [5, 5.41) is 2.49. The third-order valence-corrected chi connectivity index (χ3v) is 3.62.